The summed E-state index contributed by atoms with van der Waals surface area (Å²) < 4.78 is 11.1. The van der Waals surface area contributed by atoms with E-state index in [1.54, 1.807) is 61.7 Å². The Morgan fingerprint density at radius 1 is 0.839 bits per heavy atom. The van der Waals surface area contributed by atoms with Gasteiger partial charge >= 0.3 is 5.97 Å². The summed E-state index contributed by atoms with van der Waals surface area (Å²) in [5.74, 6) is -0.246. The Morgan fingerprint density at radius 3 is 2.32 bits per heavy atom. The molecule has 3 aromatic rings. The van der Waals surface area contributed by atoms with Crippen molar-refractivity contribution >= 4 is 17.5 Å². The van der Waals surface area contributed by atoms with Gasteiger partial charge in [0.1, 0.15) is 16.9 Å². The number of hydrogen-bond donors (Lipinski definition) is 0. The zero-order chi connectivity index (χ0) is 21.6. The molecular formula is C26H18O5. The number of allylic oxidation sites excluding steroid dienone is 1. The first kappa shape index (κ1) is 19.0. The molecular weight excluding hydrogens is 392 g/mol. The summed E-state index contributed by atoms with van der Waals surface area (Å²) in [6.07, 6.45) is 1.42. The van der Waals surface area contributed by atoms with Crippen molar-refractivity contribution in [2.24, 2.45) is 0 Å². The largest absolute Gasteiger partial charge is 0.496 e. The molecule has 0 unspecified atom stereocenters. The number of rotatable bonds is 4. The molecule has 1 aliphatic heterocycles. The Morgan fingerprint density at radius 2 is 1.52 bits per heavy atom. The van der Waals surface area contributed by atoms with Crippen molar-refractivity contribution in [3.05, 3.63) is 107 Å². The maximum atomic E-state index is 13.6. The van der Waals surface area contributed by atoms with Gasteiger partial charge in [-0.25, -0.2) is 0 Å². The minimum Gasteiger partial charge on any atom is -0.496 e. The van der Waals surface area contributed by atoms with Crippen molar-refractivity contribution in [1.29, 1.82) is 0 Å². The van der Waals surface area contributed by atoms with Crippen molar-refractivity contribution in [2.75, 3.05) is 7.11 Å². The molecule has 0 aromatic heterocycles. The summed E-state index contributed by atoms with van der Waals surface area (Å²) in [4.78, 5) is 40.0. The topological polar surface area (TPSA) is 69.7 Å². The van der Waals surface area contributed by atoms with Gasteiger partial charge in [0.2, 0.25) is 0 Å². The van der Waals surface area contributed by atoms with Crippen LogP contribution in [0.15, 0.2) is 84.4 Å². The molecule has 0 radical (unpaired) electrons. The van der Waals surface area contributed by atoms with Crippen LogP contribution in [0.25, 0.3) is 0 Å². The van der Waals surface area contributed by atoms with E-state index in [1.165, 1.54) is 6.08 Å². The normalized spacial score (nSPS) is 19.4. The highest BCUT2D eigenvalue weighted by molar-refractivity contribution is 6.27. The summed E-state index contributed by atoms with van der Waals surface area (Å²) in [5.41, 5.74) is 0.601. The zero-order valence-corrected chi connectivity index (χ0v) is 16.8. The predicted molar refractivity (Wildman–Crippen MR) is 114 cm³/mol. The molecule has 0 bridgehead atoms. The number of para-hydroxylation sites is 2. The fourth-order valence-electron chi connectivity index (χ4n) is 4.49. The molecule has 5 nitrogen and oxygen atoms in total. The van der Waals surface area contributed by atoms with Gasteiger partial charge in [-0.2, -0.15) is 0 Å². The summed E-state index contributed by atoms with van der Waals surface area (Å²) in [6.45, 7) is 0. The molecule has 5 heteroatoms. The lowest BCUT2D eigenvalue weighted by molar-refractivity contribution is -0.136. The number of ketones is 2. The molecule has 0 saturated heterocycles. The molecule has 5 rings (SSSR count). The molecule has 0 N–H and O–H groups in total. The Labute approximate surface area is 178 Å². The molecule has 3 aromatic carbocycles. The first-order valence-electron chi connectivity index (χ1n) is 9.90. The number of ether oxygens (including phenoxy) is 2. The van der Waals surface area contributed by atoms with Crippen LogP contribution >= 0.6 is 0 Å². The fraction of sp³-hybridized carbons (Fsp3) is 0.115. The molecule has 1 heterocycles. The van der Waals surface area contributed by atoms with Crippen molar-refractivity contribution in [1.82, 2.24) is 0 Å². The highest BCUT2D eigenvalue weighted by atomic mass is 16.5. The third-order valence-electron chi connectivity index (χ3n) is 5.96. The quantitative estimate of drug-likeness (QED) is 0.478. The van der Waals surface area contributed by atoms with Gasteiger partial charge < -0.3 is 9.47 Å². The average molecular weight is 410 g/mol. The van der Waals surface area contributed by atoms with E-state index in [4.69, 9.17) is 9.47 Å². The number of methoxy groups -OCH3 is 1. The molecule has 152 valence electrons. The van der Waals surface area contributed by atoms with Crippen LogP contribution in [0.2, 0.25) is 0 Å². The number of Topliss-reactive ketones (excluding diaryl/α,β-unsaturated/α-hetero) is 1. The van der Waals surface area contributed by atoms with E-state index < -0.39 is 11.4 Å². The van der Waals surface area contributed by atoms with Crippen LogP contribution in [0.3, 0.4) is 0 Å². The van der Waals surface area contributed by atoms with Crippen LogP contribution in [0.4, 0.5) is 0 Å². The molecule has 1 aliphatic carbocycles. The summed E-state index contributed by atoms with van der Waals surface area (Å²) in [6, 6.07) is 21.0. The summed E-state index contributed by atoms with van der Waals surface area (Å²) in [7, 11) is 1.55. The van der Waals surface area contributed by atoms with E-state index in [0.29, 0.717) is 28.2 Å². The van der Waals surface area contributed by atoms with Crippen LogP contribution in [-0.4, -0.2) is 24.6 Å². The summed E-state index contributed by atoms with van der Waals surface area (Å²) in [5, 5.41) is 0. The Hall–Kier alpha value is -3.99. The second-order valence-corrected chi connectivity index (χ2v) is 7.58. The maximum Gasteiger partial charge on any atom is 0.327 e. The van der Waals surface area contributed by atoms with E-state index in [2.05, 4.69) is 0 Å². The van der Waals surface area contributed by atoms with Crippen molar-refractivity contribution in [3.63, 3.8) is 0 Å². The van der Waals surface area contributed by atoms with E-state index >= 15 is 0 Å². The number of hydrogen-bond acceptors (Lipinski definition) is 5. The predicted octanol–water partition coefficient (Wildman–Crippen LogP) is 4.10. The lowest BCUT2D eigenvalue weighted by Crippen LogP contribution is -2.42. The number of carbonyl (C=O) groups is 3. The van der Waals surface area contributed by atoms with Gasteiger partial charge in [0, 0.05) is 28.7 Å². The number of esters is 1. The van der Waals surface area contributed by atoms with Crippen LogP contribution < -0.4 is 9.47 Å². The lowest BCUT2D eigenvalue weighted by Gasteiger charge is -2.31. The van der Waals surface area contributed by atoms with Gasteiger partial charge in [-0.05, 0) is 23.8 Å². The van der Waals surface area contributed by atoms with Gasteiger partial charge in [-0.15, -0.1) is 0 Å². The van der Waals surface area contributed by atoms with E-state index in [-0.39, 0.29) is 23.6 Å². The second-order valence-electron chi connectivity index (χ2n) is 7.58. The van der Waals surface area contributed by atoms with Crippen LogP contribution in [-0.2, 0) is 16.6 Å². The summed E-state index contributed by atoms with van der Waals surface area (Å²) >= 11 is 0. The van der Waals surface area contributed by atoms with Gasteiger partial charge in [-0.3, -0.25) is 14.4 Å². The van der Waals surface area contributed by atoms with E-state index in [9.17, 15) is 14.4 Å². The van der Waals surface area contributed by atoms with Gasteiger partial charge in [0.05, 0.1) is 7.11 Å². The Bertz CT molecular complexity index is 1290. The highest BCUT2D eigenvalue weighted by Gasteiger charge is 2.55. The molecule has 0 saturated carbocycles. The minimum absolute atomic E-state index is 0.122. The first-order valence-corrected chi connectivity index (χ1v) is 9.90. The third-order valence-corrected chi connectivity index (χ3v) is 5.96. The molecule has 31 heavy (non-hydrogen) atoms. The monoisotopic (exact) mass is 410 g/mol. The van der Waals surface area contributed by atoms with Crippen LogP contribution in [0, 0.1) is 0 Å². The second kappa shape index (κ2) is 7.06. The van der Waals surface area contributed by atoms with Crippen LogP contribution in [0.5, 0.6) is 11.5 Å². The zero-order valence-electron chi connectivity index (χ0n) is 16.8. The SMILES string of the molecule is COc1ccccc1C[C@@]1(C2=CC(=O)c3ccccc3C2=O)C(=O)Oc2ccccc21. The van der Waals surface area contributed by atoms with Gasteiger partial charge in [0.15, 0.2) is 11.6 Å². The average Bonchev–Trinajstić information content (AvgIpc) is 3.08. The van der Waals surface area contributed by atoms with E-state index in [1.807, 2.05) is 18.2 Å². The maximum absolute atomic E-state index is 13.6. The number of fused-ring (bicyclic) bond motifs is 2. The minimum atomic E-state index is -1.45. The number of carbonyl (C=O) groups excluding carboxylic acids is 3. The smallest absolute Gasteiger partial charge is 0.327 e. The molecule has 1 atom stereocenters. The third kappa shape index (κ3) is 2.74. The van der Waals surface area contributed by atoms with Gasteiger partial charge in [-0.1, -0.05) is 60.7 Å². The van der Waals surface area contributed by atoms with Gasteiger partial charge in [0.25, 0.3) is 0 Å². The first-order chi connectivity index (χ1) is 15.1. The molecule has 2 aliphatic rings. The van der Waals surface area contributed by atoms with Crippen LogP contribution in [0.1, 0.15) is 31.8 Å². The highest BCUT2D eigenvalue weighted by Crippen LogP contribution is 2.49. The molecule has 0 amide bonds. The van der Waals surface area contributed by atoms with Crippen molar-refractivity contribution in [2.45, 2.75) is 11.8 Å². The Kier molecular flexibility index (Phi) is 4.33. The number of benzene rings is 3. The van der Waals surface area contributed by atoms with Crippen molar-refractivity contribution < 1.29 is 23.9 Å². The lowest BCUT2D eigenvalue weighted by atomic mass is 9.66. The molecule has 0 spiro atoms. The van der Waals surface area contributed by atoms with Crippen molar-refractivity contribution in [3.8, 4) is 11.5 Å². The fourth-order valence-corrected chi connectivity index (χ4v) is 4.49. The standard InChI is InChI=1S/C26H18O5/c1-30-22-12-6-2-8-16(22)15-26(19-11-5-7-13-23(19)31-25(26)29)20-14-21(27)17-9-3-4-10-18(17)24(20)28/h2-14H,15H2,1H3/t26-/m1/s1. The Balaban J connectivity index is 1.76. The molecule has 0 fully saturated rings. The van der Waals surface area contributed by atoms with E-state index in [0.717, 1.165) is 5.56 Å².